The lowest BCUT2D eigenvalue weighted by Crippen LogP contribution is -2.56. The average Bonchev–Trinajstić information content (AvgIpc) is 2.81. The summed E-state index contributed by atoms with van der Waals surface area (Å²) in [5.74, 6) is 0. The standard InChI is InChI=1S/C17H27BrFN5O2/c1-12-14(18)20-21-24(12)13-9-22(10-13)11-17(19)5-7-23(8-6-17)15(25)26-16(2,3)4/h13H,5-11H2,1-4H3. The molecular formula is C17H27BrFN5O2. The number of halogens is 2. The molecule has 146 valence electrons. The molecule has 0 atom stereocenters. The molecule has 3 rings (SSSR count). The van der Waals surface area contributed by atoms with Gasteiger partial charge in [-0.2, -0.15) is 0 Å². The van der Waals surface area contributed by atoms with Crippen molar-refractivity contribution in [3.63, 3.8) is 0 Å². The van der Waals surface area contributed by atoms with E-state index in [1.165, 1.54) is 0 Å². The summed E-state index contributed by atoms with van der Waals surface area (Å²) in [6.45, 7) is 10.2. The zero-order chi connectivity index (χ0) is 19.1. The van der Waals surface area contributed by atoms with Crippen LogP contribution in [0.4, 0.5) is 9.18 Å². The van der Waals surface area contributed by atoms with Gasteiger partial charge in [-0.1, -0.05) is 5.21 Å². The fourth-order valence-electron chi connectivity index (χ4n) is 3.47. The van der Waals surface area contributed by atoms with Crippen LogP contribution in [0, 0.1) is 6.92 Å². The number of likely N-dealkylation sites (tertiary alicyclic amines) is 2. The number of carbonyl (C=O) groups excluding carboxylic acids is 1. The number of piperidine rings is 1. The normalized spacial score (nSPS) is 21.5. The summed E-state index contributed by atoms with van der Waals surface area (Å²) >= 11 is 3.37. The number of aromatic nitrogens is 3. The summed E-state index contributed by atoms with van der Waals surface area (Å²) < 4.78 is 23.2. The summed E-state index contributed by atoms with van der Waals surface area (Å²) in [4.78, 5) is 15.8. The fourth-order valence-corrected chi connectivity index (χ4v) is 3.72. The van der Waals surface area contributed by atoms with E-state index >= 15 is 4.39 Å². The number of hydrogen-bond acceptors (Lipinski definition) is 5. The topological polar surface area (TPSA) is 63.5 Å². The first-order chi connectivity index (χ1) is 12.1. The molecule has 0 aliphatic carbocycles. The summed E-state index contributed by atoms with van der Waals surface area (Å²) in [7, 11) is 0. The van der Waals surface area contributed by atoms with Gasteiger partial charge in [-0.15, -0.1) is 5.10 Å². The van der Waals surface area contributed by atoms with Gasteiger partial charge in [0, 0.05) is 45.6 Å². The molecule has 1 amide bonds. The van der Waals surface area contributed by atoms with Crippen LogP contribution in [0.1, 0.15) is 45.3 Å². The molecule has 0 unspecified atom stereocenters. The molecule has 2 fully saturated rings. The first-order valence-corrected chi connectivity index (χ1v) is 9.82. The monoisotopic (exact) mass is 431 g/mol. The Labute approximate surface area is 162 Å². The Morgan fingerprint density at radius 2 is 1.96 bits per heavy atom. The highest BCUT2D eigenvalue weighted by Crippen LogP contribution is 2.32. The zero-order valence-corrected chi connectivity index (χ0v) is 17.4. The second-order valence-corrected chi connectivity index (χ2v) is 9.13. The van der Waals surface area contributed by atoms with Crippen LogP contribution in [0.15, 0.2) is 4.60 Å². The van der Waals surface area contributed by atoms with Gasteiger partial charge in [0.1, 0.15) is 11.3 Å². The van der Waals surface area contributed by atoms with Crippen LogP contribution < -0.4 is 0 Å². The summed E-state index contributed by atoms with van der Waals surface area (Å²) in [6.07, 6.45) is 0.346. The largest absolute Gasteiger partial charge is 0.444 e. The van der Waals surface area contributed by atoms with Gasteiger partial charge in [-0.25, -0.2) is 13.9 Å². The van der Waals surface area contributed by atoms with Crippen LogP contribution in [0.25, 0.3) is 0 Å². The maximum atomic E-state index is 15.2. The fraction of sp³-hybridized carbons (Fsp3) is 0.824. The number of hydrogen-bond donors (Lipinski definition) is 0. The average molecular weight is 432 g/mol. The van der Waals surface area contributed by atoms with Gasteiger partial charge >= 0.3 is 6.09 Å². The van der Waals surface area contributed by atoms with Gasteiger partial charge in [-0.05, 0) is 43.6 Å². The third-order valence-electron chi connectivity index (χ3n) is 4.97. The van der Waals surface area contributed by atoms with Gasteiger partial charge in [0.2, 0.25) is 0 Å². The minimum Gasteiger partial charge on any atom is -0.444 e. The van der Waals surface area contributed by atoms with Crippen LogP contribution in [0.5, 0.6) is 0 Å². The molecule has 2 aliphatic heterocycles. The first kappa shape index (κ1) is 19.5. The predicted molar refractivity (Wildman–Crippen MR) is 98.8 cm³/mol. The lowest BCUT2D eigenvalue weighted by molar-refractivity contribution is -0.0230. The third-order valence-corrected chi connectivity index (χ3v) is 5.71. The quantitative estimate of drug-likeness (QED) is 0.735. The molecule has 0 bridgehead atoms. The van der Waals surface area contributed by atoms with E-state index in [2.05, 4.69) is 31.1 Å². The van der Waals surface area contributed by atoms with E-state index in [1.807, 2.05) is 32.4 Å². The Balaban J connectivity index is 1.46. The number of carbonyl (C=O) groups is 1. The molecule has 2 aliphatic rings. The van der Waals surface area contributed by atoms with Crippen LogP contribution in [-0.4, -0.2) is 74.9 Å². The van der Waals surface area contributed by atoms with Crippen molar-refractivity contribution >= 4 is 22.0 Å². The van der Waals surface area contributed by atoms with Crippen molar-refractivity contribution in [3.8, 4) is 0 Å². The Kier molecular flexibility index (Phi) is 5.31. The lowest BCUT2D eigenvalue weighted by atomic mass is 9.91. The van der Waals surface area contributed by atoms with Gasteiger partial charge in [0.05, 0.1) is 11.7 Å². The predicted octanol–water partition coefficient (Wildman–Crippen LogP) is 2.94. The van der Waals surface area contributed by atoms with E-state index in [-0.39, 0.29) is 12.1 Å². The van der Waals surface area contributed by atoms with E-state index in [0.717, 1.165) is 23.4 Å². The summed E-state index contributed by atoms with van der Waals surface area (Å²) in [5.41, 5.74) is -0.778. The van der Waals surface area contributed by atoms with Crippen LogP contribution >= 0.6 is 15.9 Å². The van der Waals surface area contributed by atoms with Crippen molar-refractivity contribution in [1.29, 1.82) is 0 Å². The van der Waals surface area contributed by atoms with Crippen LogP contribution in [0.2, 0.25) is 0 Å². The number of alkyl halides is 1. The molecule has 26 heavy (non-hydrogen) atoms. The maximum Gasteiger partial charge on any atom is 0.410 e. The van der Waals surface area contributed by atoms with Gasteiger partial charge < -0.3 is 9.64 Å². The molecule has 1 aromatic rings. The SMILES string of the molecule is Cc1c(Br)nnn1C1CN(CC2(F)CCN(C(=O)OC(C)(C)C)CC2)C1. The minimum absolute atomic E-state index is 0.249. The second-order valence-electron chi connectivity index (χ2n) is 8.38. The Bertz CT molecular complexity index is 661. The number of nitrogens with zero attached hydrogens (tertiary/aromatic N) is 5. The zero-order valence-electron chi connectivity index (χ0n) is 15.8. The Morgan fingerprint density at radius 3 is 2.46 bits per heavy atom. The van der Waals surface area contributed by atoms with E-state index in [1.54, 1.807) is 4.90 Å². The van der Waals surface area contributed by atoms with Crippen molar-refractivity contribution in [3.05, 3.63) is 10.3 Å². The Morgan fingerprint density at radius 1 is 1.35 bits per heavy atom. The van der Waals surface area contributed by atoms with Crippen molar-refractivity contribution < 1.29 is 13.9 Å². The molecule has 1 aromatic heterocycles. The van der Waals surface area contributed by atoms with Crippen LogP contribution in [0.3, 0.4) is 0 Å². The van der Waals surface area contributed by atoms with Crippen molar-refractivity contribution in [1.82, 2.24) is 24.8 Å². The summed E-state index contributed by atoms with van der Waals surface area (Å²) in [6, 6.07) is 0.249. The minimum atomic E-state index is -1.25. The molecule has 0 radical (unpaired) electrons. The number of rotatable bonds is 3. The van der Waals surface area contributed by atoms with Crippen molar-refractivity contribution in [2.45, 2.75) is 57.8 Å². The Hall–Kier alpha value is -1.22. The van der Waals surface area contributed by atoms with Crippen LogP contribution in [-0.2, 0) is 4.74 Å². The molecule has 2 saturated heterocycles. The smallest absolute Gasteiger partial charge is 0.410 e. The molecular weight excluding hydrogens is 405 g/mol. The highest BCUT2D eigenvalue weighted by atomic mass is 79.9. The van der Waals surface area contributed by atoms with Gasteiger partial charge in [0.25, 0.3) is 0 Å². The van der Waals surface area contributed by atoms with Crippen molar-refractivity contribution in [2.75, 3.05) is 32.7 Å². The molecule has 3 heterocycles. The van der Waals surface area contributed by atoms with E-state index in [0.29, 0.717) is 32.5 Å². The molecule has 0 spiro atoms. The van der Waals surface area contributed by atoms with E-state index < -0.39 is 11.3 Å². The third kappa shape index (κ3) is 4.36. The van der Waals surface area contributed by atoms with Gasteiger partial charge in [-0.3, -0.25) is 4.90 Å². The van der Waals surface area contributed by atoms with E-state index in [4.69, 9.17) is 4.74 Å². The highest BCUT2D eigenvalue weighted by molar-refractivity contribution is 9.10. The molecule has 0 aromatic carbocycles. The molecule has 0 N–H and O–H groups in total. The van der Waals surface area contributed by atoms with E-state index in [9.17, 15) is 4.79 Å². The first-order valence-electron chi connectivity index (χ1n) is 9.03. The molecule has 0 saturated carbocycles. The molecule has 7 nitrogen and oxygen atoms in total. The second kappa shape index (κ2) is 7.07. The number of ether oxygens (including phenoxy) is 1. The van der Waals surface area contributed by atoms with Crippen molar-refractivity contribution in [2.24, 2.45) is 0 Å². The molecule has 9 heteroatoms. The summed E-state index contributed by atoms with van der Waals surface area (Å²) in [5, 5.41) is 8.15. The maximum absolute atomic E-state index is 15.2. The number of amides is 1. The highest BCUT2D eigenvalue weighted by Gasteiger charge is 2.42. The lowest BCUT2D eigenvalue weighted by Gasteiger charge is -2.45. The van der Waals surface area contributed by atoms with Gasteiger partial charge in [0.15, 0.2) is 4.60 Å².